The van der Waals surface area contributed by atoms with Crippen LogP contribution in [-0.4, -0.2) is 27.5 Å². The van der Waals surface area contributed by atoms with E-state index in [2.05, 4.69) is 0 Å². The number of phenolic OH excluding ortho intramolecular Hbond substituents is 4. The summed E-state index contributed by atoms with van der Waals surface area (Å²) in [7, 11) is 1.33. The number of fused-ring (bicyclic) bond motifs is 1. The summed E-state index contributed by atoms with van der Waals surface area (Å²) in [6, 6.07) is 2.82. The highest BCUT2D eigenvalue weighted by Crippen LogP contribution is 2.45. The summed E-state index contributed by atoms with van der Waals surface area (Å²) in [5.74, 6) is -1.27. The fourth-order valence-corrected chi connectivity index (χ4v) is 4.42. The minimum Gasteiger partial charge on any atom is -0.507 e. The first kappa shape index (κ1) is 29.4. The van der Waals surface area contributed by atoms with E-state index in [9.17, 15) is 25.2 Å². The summed E-state index contributed by atoms with van der Waals surface area (Å²) in [5, 5.41) is 43.2. The second-order valence-corrected chi connectivity index (χ2v) is 10.4. The standard InChI is InChI=1S/C32H38O7/c1-17(2)9-8-10-21-23(15-20(13-11-18(3)4)27(35)28(21)36)31-32(38-7)29(37)26-25(34)16-24(33)22(30(26)39-31)14-12-19(5)6/h9,11-12,15-16,33-36H,8,10,13-14H2,1-7H3. The first-order chi connectivity index (χ1) is 18.4. The zero-order valence-corrected chi connectivity index (χ0v) is 23.7. The number of aromatic hydroxyl groups is 4. The molecule has 208 valence electrons. The third kappa shape index (κ3) is 6.30. The van der Waals surface area contributed by atoms with Crippen LogP contribution in [0.4, 0.5) is 0 Å². The van der Waals surface area contributed by atoms with E-state index in [0.717, 1.165) is 22.8 Å². The second kappa shape index (κ2) is 12.2. The Labute approximate surface area is 229 Å². The molecule has 3 rings (SSSR count). The summed E-state index contributed by atoms with van der Waals surface area (Å²) < 4.78 is 11.8. The predicted octanol–water partition coefficient (Wildman–Crippen LogP) is 7.21. The molecule has 0 atom stereocenters. The molecule has 2 aromatic carbocycles. The van der Waals surface area contributed by atoms with E-state index in [1.54, 1.807) is 6.07 Å². The maximum atomic E-state index is 13.7. The number of ether oxygens (including phenoxy) is 1. The van der Waals surface area contributed by atoms with Gasteiger partial charge in [0, 0.05) is 28.3 Å². The highest BCUT2D eigenvalue weighted by atomic mass is 16.5. The van der Waals surface area contributed by atoms with Crippen molar-refractivity contribution in [2.24, 2.45) is 0 Å². The topological polar surface area (TPSA) is 120 Å². The molecule has 3 aromatic rings. The largest absolute Gasteiger partial charge is 0.507 e. The van der Waals surface area contributed by atoms with Crippen molar-refractivity contribution in [1.29, 1.82) is 0 Å². The van der Waals surface area contributed by atoms with Crippen molar-refractivity contribution < 1.29 is 29.6 Å². The van der Waals surface area contributed by atoms with Crippen molar-refractivity contribution in [3.63, 3.8) is 0 Å². The van der Waals surface area contributed by atoms with Crippen LogP contribution in [0.5, 0.6) is 28.7 Å². The van der Waals surface area contributed by atoms with E-state index in [1.165, 1.54) is 7.11 Å². The van der Waals surface area contributed by atoms with Gasteiger partial charge in [0.25, 0.3) is 0 Å². The van der Waals surface area contributed by atoms with Crippen LogP contribution in [-0.2, 0) is 19.3 Å². The quantitative estimate of drug-likeness (QED) is 0.169. The summed E-state index contributed by atoms with van der Waals surface area (Å²) in [6.45, 7) is 11.6. The van der Waals surface area contributed by atoms with Crippen LogP contribution in [0.25, 0.3) is 22.3 Å². The molecule has 0 aliphatic rings. The molecule has 0 spiro atoms. The Kier molecular flexibility index (Phi) is 9.17. The van der Waals surface area contributed by atoms with E-state index < -0.39 is 11.2 Å². The number of rotatable bonds is 9. The van der Waals surface area contributed by atoms with Gasteiger partial charge in [-0.3, -0.25) is 4.79 Å². The number of methoxy groups -OCH3 is 1. The highest BCUT2D eigenvalue weighted by Gasteiger charge is 2.27. The Morgan fingerprint density at radius 2 is 1.44 bits per heavy atom. The monoisotopic (exact) mass is 534 g/mol. The average Bonchev–Trinajstić information content (AvgIpc) is 2.84. The van der Waals surface area contributed by atoms with Crippen molar-refractivity contribution in [2.45, 2.75) is 67.2 Å². The smallest absolute Gasteiger partial charge is 0.239 e. The molecule has 39 heavy (non-hydrogen) atoms. The van der Waals surface area contributed by atoms with Gasteiger partial charge in [-0.1, -0.05) is 34.9 Å². The Morgan fingerprint density at radius 3 is 2.03 bits per heavy atom. The van der Waals surface area contributed by atoms with Gasteiger partial charge in [0.2, 0.25) is 11.2 Å². The molecule has 0 radical (unpaired) electrons. The van der Waals surface area contributed by atoms with Gasteiger partial charge in [0.15, 0.2) is 17.3 Å². The molecule has 0 amide bonds. The van der Waals surface area contributed by atoms with Gasteiger partial charge in [0.1, 0.15) is 22.5 Å². The molecule has 0 saturated heterocycles. The Balaban J connectivity index is 2.47. The van der Waals surface area contributed by atoms with Crippen molar-refractivity contribution >= 4 is 11.0 Å². The SMILES string of the molecule is COc1c(-c2cc(CC=C(C)C)c(O)c(O)c2CCC=C(C)C)oc2c(CC=C(C)C)c(O)cc(O)c2c1=O. The van der Waals surface area contributed by atoms with E-state index in [4.69, 9.17) is 9.15 Å². The van der Waals surface area contributed by atoms with Crippen molar-refractivity contribution in [1.82, 2.24) is 0 Å². The molecule has 7 heteroatoms. The summed E-state index contributed by atoms with van der Waals surface area (Å²) in [6.07, 6.45) is 7.34. The zero-order valence-electron chi connectivity index (χ0n) is 23.7. The molecule has 0 bridgehead atoms. The third-order valence-corrected chi connectivity index (χ3v) is 6.48. The van der Waals surface area contributed by atoms with E-state index in [0.29, 0.717) is 41.5 Å². The van der Waals surface area contributed by atoms with Crippen LogP contribution in [0.2, 0.25) is 0 Å². The molecule has 4 N–H and O–H groups in total. The first-order valence-corrected chi connectivity index (χ1v) is 12.9. The molecule has 0 aliphatic heterocycles. The maximum Gasteiger partial charge on any atom is 0.239 e. The fourth-order valence-electron chi connectivity index (χ4n) is 4.42. The van der Waals surface area contributed by atoms with Crippen molar-refractivity contribution in [3.05, 3.63) is 74.0 Å². The van der Waals surface area contributed by atoms with Crippen molar-refractivity contribution in [2.75, 3.05) is 7.11 Å². The molecular weight excluding hydrogens is 496 g/mol. The number of benzene rings is 2. The number of phenols is 4. The number of hydrogen-bond acceptors (Lipinski definition) is 7. The van der Waals surface area contributed by atoms with Gasteiger partial charge >= 0.3 is 0 Å². The van der Waals surface area contributed by atoms with Crippen molar-refractivity contribution in [3.8, 4) is 40.1 Å². The molecule has 1 aromatic heterocycles. The van der Waals surface area contributed by atoms with E-state index >= 15 is 0 Å². The lowest BCUT2D eigenvalue weighted by molar-refractivity contribution is 0.392. The van der Waals surface area contributed by atoms with Gasteiger partial charge in [-0.25, -0.2) is 0 Å². The van der Waals surface area contributed by atoms with Crippen LogP contribution in [0.1, 0.15) is 64.7 Å². The van der Waals surface area contributed by atoms with Crippen LogP contribution in [0, 0.1) is 0 Å². The summed E-state index contributed by atoms with van der Waals surface area (Å²) in [5.41, 5.74) is 4.11. The molecule has 0 unspecified atom stereocenters. The first-order valence-electron chi connectivity index (χ1n) is 12.9. The van der Waals surface area contributed by atoms with E-state index in [1.807, 2.05) is 59.8 Å². The minimum atomic E-state index is -0.613. The second-order valence-electron chi connectivity index (χ2n) is 10.4. The van der Waals surface area contributed by atoms with Gasteiger partial charge in [-0.05, 0) is 73.3 Å². The summed E-state index contributed by atoms with van der Waals surface area (Å²) in [4.78, 5) is 13.7. The van der Waals surface area contributed by atoms with Gasteiger partial charge in [-0.2, -0.15) is 0 Å². The predicted molar refractivity (Wildman–Crippen MR) is 155 cm³/mol. The molecule has 0 fully saturated rings. The molecular formula is C32H38O7. The Morgan fingerprint density at radius 1 is 0.821 bits per heavy atom. The Hall–Kier alpha value is -4.13. The zero-order chi connectivity index (χ0) is 29.0. The normalized spacial score (nSPS) is 10.8. The van der Waals surface area contributed by atoms with E-state index in [-0.39, 0.29) is 46.1 Å². The molecule has 1 heterocycles. The lowest BCUT2D eigenvalue weighted by Crippen LogP contribution is -2.10. The number of hydrogen-bond donors (Lipinski definition) is 4. The minimum absolute atomic E-state index is 0.0273. The fraction of sp³-hybridized carbons (Fsp3) is 0.344. The Bertz CT molecular complexity index is 1540. The van der Waals surface area contributed by atoms with Crippen LogP contribution >= 0.6 is 0 Å². The highest BCUT2D eigenvalue weighted by molar-refractivity contribution is 5.91. The maximum absolute atomic E-state index is 13.7. The lowest BCUT2D eigenvalue weighted by atomic mass is 9.93. The van der Waals surface area contributed by atoms with Gasteiger partial charge in [0.05, 0.1) is 7.11 Å². The summed E-state index contributed by atoms with van der Waals surface area (Å²) >= 11 is 0. The third-order valence-electron chi connectivity index (χ3n) is 6.48. The van der Waals surface area contributed by atoms with Crippen LogP contribution in [0.3, 0.4) is 0 Å². The van der Waals surface area contributed by atoms with Crippen LogP contribution < -0.4 is 10.2 Å². The molecule has 0 aliphatic carbocycles. The van der Waals surface area contributed by atoms with Crippen LogP contribution in [0.15, 0.2) is 56.3 Å². The average molecular weight is 535 g/mol. The van der Waals surface area contributed by atoms with Gasteiger partial charge < -0.3 is 29.6 Å². The molecule has 0 saturated carbocycles. The lowest BCUT2D eigenvalue weighted by Gasteiger charge is -2.18. The van der Waals surface area contributed by atoms with Gasteiger partial charge in [-0.15, -0.1) is 0 Å². The number of allylic oxidation sites excluding steroid dienone is 6. The molecule has 7 nitrogen and oxygen atoms in total.